The van der Waals surface area contributed by atoms with E-state index in [1.807, 2.05) is 0 Å². The zero-order valence-electron chi connectivity index (χ0n) is 12.1. The van der Waals surface area contributed by atoms with Crippen LogP contribution in [0.3, 0.4) is 0 Å². The minimum absolute atomic E-state index is 0.157. The molecule has 1 atom stereocenters. The van der Waals surface area contributed by atoms with Crippen molar-refractivity contribution in [2.75, 3.05) is 0 Å². The largest absolute Gasteiger partial charge is 0.352 e. The Hall–Kier alpha value is -1.95. The van der Waals surface area contributed by atoms with Gasteiger partial charge in [0, 0.05) is 17.0 Å². The van der Waals surface area contributed by atoms with Crippen molar-refractivity contribution < 1.29 is 18.0 Å². The third kappa shape index (κ3) is 4.07. The van der Waals surface area contributed by atoms with Crippen LogP contribution in [0.1, 0.15) is 23.7 Å². The minimum Gasteiger partial charge on any atom is -0.352 e. The maximum Gasteiger partial charge on any atom is 0.238 e. The van der Waals surface area contributed by atoms with E-state index in [1.165, 1.54) is 30.3 Å². The van der Waals surface area contributed by atoms with Crippen LogP contribution >= 0.6 is 11.8 Å². The summed E-state index contributed by atoms with van der Waals surface area (Å²) in [6, 6.07) is 8.90. The molecule has 0 radical (unpaired) electrons. The second kappa shape index (κ2) is 6.66. The number of amides is 1. The van der Waals surface area contributed by atoms with Gasteiger partial charge in [-0.3, -0.25) is 4.79 Å². The number of thioether (sulfide) groups is 1. The van der Waals surface area contributed by atoms with E-state index in [2.05, 4.69) is 5.32 Å². The van der Waals surface area contributed by atoms with Crippen LogP contribution in [0.2, 0.25) is 0 Å². The predicted molar refractivity (Wildman–Crippen MR) is 82.5 cm³/mol. The van der Waals surface area contributed by atoms with E-state index in [0.29, 0.717) is 5.56 Å². The Balaban J connectivity index is 1.87. The molecule has 6 heteroatoms. The Bertz CT molecular complexity index is 716. The number of hydrogen-bond acceptors (Lipinski definition) is 2. The summed E-state index contributed by atoms with van der Waals surface area (Å²) >= 11 is 0.985. The van der Waals surface area contributed by atoms with E-state index in [1.54, 1.807) is 0 Å². The lowest BCUT2D eigenvalue weighted by atomic mass is 10.1. The normalized spacial score (nSPS) is 15.3. The Morgan fingerprint density at radius 3 is 2.30 bits per heavy atom. The van der Waals surface area contributed by atoms with E-state index in [4.69, 9.17) is 0 Å². The number of nitrogens with one attached hydrogen (secondary N) is 1. The summed E-state index contributed by atoms with van der Waals surface area (Å²) < 4.78 is 40.0. The van der Waals surface area contributed by atoms with Gasteiger partial charge in [-0.25, -0.2) is 13.2 Å². The first-order chi connectivity index (χ1) is 11.0. The van der Waals surface area contributed by atoms with E-state index in [0.717, 1.165) is 36.7 Å². The Morgan fingerprint density at radius 1 is 1.04 bits per heavy atom. The molecule has 1 saturated carbocycles. The van der Waals surface area contributed by atoms with Gasteiger partial charge in [0.1, 0.15) is 22.7 Å². The second-order valence-electron chi connectivity index (χ2n) is 5.41. The van der Waals surface area contributed by atoms with Gasteiger partial charge in [0.2, 0.25) is 5.91 Å². The van der Waals surface area contributed by atoms with Gasteiger partial charge >= 0.3 is 0 Å². The number of benzene rings is 2. The third-order valence-electron chi connectivity index (χ3n) is 3.47. The molecule has 0 bridgehead atoms. The molecule has 2 aromatic carbocycles. The lowest BCUT2D eigenvalue weighted by Crippen LogP contribution is -2.29. The van der Waals surface area contributed by atoms with Crippen LogP contribution in [0.4, 0.5) is 13.2 Å². The van der Waals surface area contributed by atoms with Gasteiger partial charge in [0.15, 0.2) is 0 Å². The first-order valence-corrected chi connectivity index (χ1v) is 8.08. The molecule has 2 nitrogen and oxygen atoms in total. The molecule has 0 spiro atoms. The molecule has 0 heterocycles. The molecule has 23 heavy (non-hydrogen) atoms. The topological polar surface area (TPSA) is 29.1 Å². The van der Waals surface area contributed by atoms with Gasteiger partial charge in [-0.2, -0.15) is 0 Å². The predicted octanol–water partition coefficient (Wildman–Crippen LogP) is 4.22. The van der Waals surface area contributed by atoms with Crippen molar-refractivity contribution in [1.82, 2.24) is 5.32 Å². The van der Waals surface area contributed by atoms with Gasteiger partial charge in [-0.1, -0.05) is 12.1 Å². The molecule has 0 aromatic heterocycles. The Kier molecular flexibility index (Phi) is 4.61. The third-order valence-corrected chi connectivity index (χ3v) is 4.78. The standard InChI is InChI=1S/C17H14F3NOS/c18-11-3-1-10(2-4-11)16(17(22)21-13-6-7-13)23-15-8-5-12(19)9-14(15)20/h1-5,8-9,13,16H,6-7H2,(H,21,22). The lowest BCUT2D eigenvalue weighted by Gasteiger charge is -2.17. The van der Waals surface area contributed by atoms with E-state index in [9.17, 15) is 18.0 Å². The highest BCUT2D eigenvalue weighted by Crippen LogP contribution is 2.37. The van der Waals surface area contributed by atoms with Gasteiger partial charge < -0.3 is 5.32 Å². The number of halogens is 3. The fraction of sp³-hybridized carbons (Fsp3) is 0.235. The summed E-state index contributed by atoms with van der Waals surface area (Å²) in [6.45, 7) is 0. The quantitative estimate of drug-likeness (QED) is 0.828. The minimum atomic E-state index is -0.726. The molecule has 3 rings (SSSR count). The van der Waals surface area contributed by atoms with Crippen molar-refractivity contribution in [3.63, 3.8) is 0 Å². The molecule has 1 aliphatic rings. The average Bonchev–Trinajstić information content (AvgIpc) is 3.31. The summed E-state index contributed by atoms with van der Waals surface area (Å²) in [7, 11) is 0. The molecular formula is C17H14F3NOS. The monoisotopic (exact) mass is 337 g/mol. The maximum atomic E-state index is 13.9. The van der Waals surface area contributed by atoms with E-state index < -0.39 is 22.7 Å². The molecule has 1 N–H and O–H groups in total. The summed E-state index contributed by atoms with van der Waals surface area (Å²) in [4.78, 5) is 12.6. The van der Waals surface area contributed by atoms with Crippen LogP contribution in [0.15, 0.2) is 47.4 Å². The summed E-state index contributed by atoms with van der Waals surface area (Å²) in [5.41, 5.74) is 0.568. The van der Waals surface area contributed by atoms with Crippen LogP contribution in [-0.2, 0) is 4.79 Å². The van der Waals surface area contributed by atoms with Gasteiger partial charge in [0.25, 0.3) is 0 Å². The smallest absolute Gasteiger partial charge is 0.238 e. The first kappa shape index (κ1) is 15.9. The van der Waals surface area contributed by atoms with Crippen molar-refractivity contribution >= 4 is 17.7 Å². The molecule has 1 fully saturated rings. The zero-order chi connectivity index (χ0) is 16.4. The van der Waals surface area contributed by atoms with Crippen LogP contribution < -0.4 is 5.32 Å². The van der Waals surface area contributed by atoms with Crippen molar-refractivity contribution in [2.45, 2.75) is 29.0 Å². The average molecular weight is 337 g/mol. The van der Waals surface area contributed by atoms with Crippen LogP contribution in [0.5, 0.6) is 0 Å². The molecule has 120 valence electrons. The zero-order valence-corrected chi connectivity index (χ0v) is 12.9. The van der Waals surface area contributed by atoms with Crippen molar-refractivity contribution in [1.29, 1.82) is 0 Å². The number of hydrogen-bond donors (Lipinski definition) is 1. The number of carbonyl (C=O) groups is 1. The summed E-state index contributed by atoms with van der Waals surface area (Å²) in [5.74, 6) is -2.06. The van der Waals surface area contributed by atoms with Crippen LogP contribution in [0.25, 0.3) is 0 Å². The van der Waals surface area contributed by atoms with Crippen LogP contribution in [-0.4, -0.2) is 11.9 Å². The van der Waals surface area contributed by atoms with Crippen LogP contribution in [0, 0.1) is 17.5 Å². The Labute approximate surface area is 136 Å². The summed E-state index contributed by atoms with van der Waals surface area (Å²) in [6.07, 6.45) is 1.86. The number of rotatable bonds is 5. The highest BCUT2D eigenvalue weighted by Gasteiger charge is 2.29. The SMILES string of the molecule is O=C(NC1CC1)C(Sc1ccc(F)cc1F)c1ccc(F)cc1. The molecule has 2 aromatic rings. The van der Waals surface area contributed by atoms with Gasteiger partial charge in [0.05, 0.1) is 0 Å². The first-order valence-electron chi connectivity index (χ1n) is 7.20. The molecule has 0 saturated heterocycles. The fourth-order valence-electron chi connectivity index (χ4n) is 2.11. The van der Waals surface area contributed by atoms with Gasteiger partial charge in [-0.05, 0) is 42.7 Å². The van der Waals surface area contributed by atoms with Crippen molar-refractivity contribution in [3.05, 3.63) is 65.5 Å². The molecule has 1 aliphatic carbocycles. The Morgan fingerprint density at radius 2 is 1.70 bits per heavy atom. The molecule has 0 aliphatic heterocycles. The molecule has 1 unspecified atom stereocenters. The highest BCUT2D eigenvalue weighted by atomic mass is 32.2. The number of carbonyl (C=O) groups excluding carboxylic acids is 1. The highest BCUT2D eigenvalue weighted by molar-refractivity contribution is 8.00. The molecular weight excluding hydrogens is 323 g/mol. The van der Waals surface area contributed by atoms with Gasteiger partial charge in [-0.15, -0.1) is 11.8 Å². The fourth-order valence-corrected chi connectivity index (χ4v) is 3.15. The van der Waals surface area contributed by atoms with Crippen molar-refractivity contribution in [2.24, 2.45) is 0 Å². The maximum absolute atomic E-state index is 13.9. The summed E-state index contributed by atoms with van der Waals surface area (Å²) in [5, 5.41) is 2.14. The van der Waals surface area contributed by atoms with E-state index >= 15 is 0 Å². The lowest BCUT2D eigenvalue weighted by molar-refractivity contribution is -0.120. The second-order valence-corrected chi connectivity index (χ2v) is 6.55. The molecule has 1 amide bonds. The van der Waals surface area contributed by atoms with Crippen molar-refractivity contribution in [3.8, 4) is 0 Å². The van der Waals surface area contributed by atoms with E-state index in [-0.39, 0.29) is 16.8 Å².